The summed E-state index contributed by atoms with van der Waals surface area (Å²) in [6.45, 7) is 0. The first-order chi connectivity index (χ1) is 9.06. The predicted molar refractivity (Wildman–Crippen MR) is 71.6 cm³/mol. The topological polar surface area (TPSA) is 43.6 Å². The van der Waals surface area contributed by atoms with Crippen molar-refractivity contribution in [3.8, 4) is 5.69 Å². The number of fused-ring (bicyclic) bond motifs is 1. The van der Waals surface area contributed by atoms with Gasteiger partial charge in [0.1, 0.15) is 11.0 Å². The molecular weight excluding hydrogens is 314 g/mol. The molecule has 0 aliphatic rings. The highest BCUT2D eigenvalue weighted by atomic mass is 35.5. The Morgan fingerprint density at radius 3 is 2.63 bits per heavy atom. The van der Waals surface area contributed by atoms with E-state index in [0.29, 0.717) is 16.7 Å². The van der Waals surface area contributed by atoms with Gasteiger partial charge >= 0.3 is 0 Å². The molecule has 0 atom stereocenters. The van der Waals surface area contributed by atoms with Gasteiger partial charge in [0.15, 0.2) is 5.65 Å². The van der Waals surface area contributed by atoms with Crippen LogP contribution in [-0.2, 0) is 0 Å². The van der Waals surface area contributed by atoms with Gasteiger partial charge in [-0.05, 0) is 29.8 Å². The molecule has 0 spiro atoms. The average Bonchev–Trinajstić information content (AvgIpc) is 2.76. The van der Waals surface area contributed by atoms with Gasteiger partial charge < -0.3 is 0 Å². The Bertz CT molecular complexity index is 787. The van der Waals surface area contributed by atoms with Gasteiger partial charge in [0.25, 0.3) is 0 Å². The van der Waals surface area contributed by atoms with Gasteiger partial charge in [-0.3, -0.25) is 0 Å². The molecule has 0 radical (unpaired) electrons. The summed E-state index contributed by atoms with van der Waals surface area (Å²) < 4.78 is 14.6. The summed E-state index contributed by atoms with van der Waals surface area (Å²) in [6.07, 6.45) is 1.51. The van der Waals surface area contributed by atoms with E-state index in [1.54, 1.807) is 0 Å². The zero-order valence-electron chi connectivity index (χ0n) is 9.11. The maximum Gasteiger partial charge on any atom is 0.225 e. The van der Waals surface area contributed by atoms with Crippen LogP contribution in [0.1, 0.15) is 0 Å². The molecule has 0 saturated heterocycles. The largest absolute Gasteiger partial charge is 0.225 e. The summed E-state index contributed by atoms with van der Waals surface area (Å²) in [5, 5.41) is 4.88. The molecule has 2 aromatic heterocycles. The van der Waals surface area contributed by atoms with Crippen LogP contribution in [0.4, 0.5) is 4.39 Å². The van der Waals surface area contributed by atoms with Crippen molar-refractivity contribution in [2.24, 2.45) is 0 Å². The Morgan fingerprint density at radius 1 is 1.11 bits per heavy atom. The number of nitrogens with zero attached hydrogens (tertiary/aromatic N) is 4. The molecule has 0 aliphatic heterocycles. The third kappa shape index (κ3) is 2.14. The lowest BCUT2D eigenvalue weighted by Crippen LogP contribution is -1.99. The molecule has 3 aromatic rings. The van der Waals surface area contributed by atoms with E-state index in [0.717, 1.165) is 0 Å². The number of benzene rings is 1. The van der Waals surface area contributed by atoms with Crippen molar-refractivity contribution in [1.29, 1.82) is 0 Å². The molecule has 3 rings (SSSR count). The molecule has 0 bridgehead atoms. The summed E-state index contributed by atoms with van der Waals surface area (Å²) in [4.78, 5) is 7.88. The van der Waals surface area contributed by atoms with Crippen LogP contribution in [0.25, 0.3) is 16.7 Å². The third-order valence-corrected chi connectivity index (χ3v) is 3.25. The highest BCUT2D eigenvalue weighted by Crippen LogP contribution is 2.25. The molecule has 0 N–H and O–H groups in total. The van der Waals surface area contributed by atoms with Crippen LogP contribution in [0, 0.1) is 5.82 Å². The first-order valence-electron chi connectivity index (χ1n) is 5.08. The zero-order valence-corrected chi connectivity index (χ0v) is 11.4. The predicted octanol–water partition coefficient (Wildman–Crippen LogP) is 3.91. The van der Waals surface area contributed by atoms with Crippen LogP contribution >= 0.6 is 34.8 Å². The van der Waals surface area contributed by atoms with Crippen molar-refractivity contribution >= 4 is 45.8 Å². The first-order valence-corrected chi connectivity index (χ1v) is 6.22. The fourth-order valence-electron chi connectivity index (χ4n) is 1.65. The molecule has 4 nitrogen and oxygen atoms in total. The molecule has 0 fully saturated rings. The maximum absolute atomic E-state index is 13.2. The van der Waals surface area contributed by atoms with Gasteiger partial charge in [0.2, 0.25) is 5.28 Å². The zero-order chi connectivity index (χ0) is 13.6. The fourth-order valence-corrected chi connectivity index (χ4v) is 2.25. The summed E-state index contributed by atoms with van der Waals surface area (Å²) in [5.41, 5.74) is 0.972. The lowest BCUT2D eigenvalue weighted by Gasteiger charge is -2.04. The van der Waals surface area contributed by atoms with E-state index in [4.69, 9.17) is 34.8 Å². The second-order valence-corrected chi connectivity index (χ2v) is 4.78. The molecule has 0 saturated carbocycles. The number of aromatic nitrogens is 4. The van der Waals surface area contributed by atoms with Gasteiger partial charge in [-0.2, -0.15) is 10.1 Å². The lowest BCUT2D eigenvalue weighted by molar-refractivity contribution is 0.627. The molecule has 2 heterocycles. The molecule has 0 amide bonds. The Labute approximate surface area is 121 Å². The van der Waals surface area contributed by atoms with Gasteiger partial charge in [0.05, 0.1) is 22.3 Å². The smallest absolute Gasteiger partial charge is 0.214 e. The van der Waals surface area contributed by atoms with E-state index in [1.165, 1.54) is 29.1 Å². The van der Waals surface area contributed by atoms with Crippen molar-refractivity contribution in [3.05, 3.63) is 45.7 Å². The number of hydrogen-bond acceptors (Lipinski definition) is 3. The van der Waals surface area contributed by atoms with Gasteiger partial charge in [-0.1, -0.05) is 23.2 Å². The van der Waals surface area contributed by atoms with Crippen molar-refractivity contribution in [3.63, 3.8) is 0 Å². The first kappa shape index (κ1) is 12.6. The van der Waals surface area contributed by atoms with Crippen molar-refractivity contribution in [2.75, 3.05) is 0 Å². The maximum atomic E-state index is 13.2. The number of hydrogen-bond donors (Lipinski definition) is 0. The normalized spacial score (nSPS) is 11.2. The van der Waals surface area contributed by atoms with E-state index in [2.05, 4.69) is 15.1 Å². The molecule has 96 valence electrons. The van der Waals surface area contributed by atoms with Crippen LogP contribution in [-0.4, -0.2) is 19.7 Å². The van der Waals surface area contributed by atoms with Crippen LogP contribution in [0.2, 0.25) is 15.5 Å². The van der Waals surface area contributed by atoms with Crippen molar-refractivity contribution < 1.29 is 4.39 Å². The minimum absolute atomic E-state index is 0.00691. The molecule has 1 aromatic carbocycles. The Morgan fingerprint density at radius 2 is 1.89 bits per heavy atom. The van der Waals surface area contributed by atoms with Gasteiger partial charge in [-0.25, -0.2) is 14.1 Å². The number of rotatable bonds is 1. The molecule has 0 aliphatic carbocycles. The van der Waals surface area contributed by atoms with E-state index < -0.39 is 5.82 Å². The number of halogens is 4. The van der Waals surface area contributed by atoms with E-state index in [-0.39, 0.29) is 15.5 Å². The Balaban J connectivity index is 2.28. The molecule has 8 heteroatoms. The van der Waals surface area contributed by atoms with Crippen LogP contribution < -0.4 is 0 Å². The highest BCUT2D eigenvalue weighted by molar-refractivity contribution is 6.35. The quantitative estimate of drug-likeness (QED) is 0.505. The minimum Gasteiger partial charge on any atom is -0.214 e. The molecule has 19 heavy (non-hydrogen) atoms. The van der Waals surface area contributed by atoms with Crippen LogP contribution in [0.3, 0.4) is 0 Å². The second-order valence-electron chi connectivity index (χ2n) is 3.68. The molecule has 0 unspecified atom stereocenters. The molecular formula is C11H4Cl3FN4. The summed E-state index contributed by atoms with van der Waals surface area (Å²) >= 11 is 17.5. The SMILES string of the molecule is Fc1ccc(-n2ncc3c(Cl)nc(Cl)nc32)cc1Cl. The summed E-state index contributed by atoms with van der Waals surface area (Å²) in [6, 6.07) is 4.21. The monoisotopic (exact) mass is 316 g/mol. The van der Waals surface area contributed by atoms with Crippen molar-refractivity contribution in [2.45, 2.75) is 0 Å². The summed E-state index contributed by atoms with van der Waals surface area (Å²) in [5.74, 6) is -0.507. The second kappa shape index (κ2) is 4.59. The van der Waals surface area contributed by atoms with Crippen molar-refractivity contribution in [1.82, 2.24) is 19.7 Å². The van der Waals surface area contributed by atoms with Gasteiger partial charge in [-0.15, -0.1) is 0 Å². The van der Waals surface area contributed by atoms with Crippen LogP contribution in [0.5, 0.6) is 0 Å². The minimum atomic E-state index is -0.507. The lowest BCUT2D eigenvalue weighted by atomic mass is 10.3. The van der Waals surface area contributed by atoms with Gasteiger partial charge in [0, 0.05) is 0 Å². The Hall–Kier alpha value is -1.43. The standard InChI is InChI=1S/C11H4Cl3FN4/c12-7-3-5(1-2-8(7)15)19-10-6(4-16-19)9(13)17-11(14)18-10/h1-4H. The highest BCUT2D eigenvalue weighted by Gasteiger charge is 2.13. The van der Waals surface area contributed by atoms with Crippen LogP contribution in [0.15, 0.2) is 24.4 Å². The van der Waals surface area contributed by atoms with E-state index in [9.17, 15) is 4.39 Å². The third-order valence-electron chi connectivity index (χ3n) is 2.50. The summed E-state index contributed by atoms with van der Waals surface area (Å²) in [7, 11) is 0. The fraction of sp³-hybridized carbons (Fsp3) is 0. The van der Waals surface area contributed by atoms with E-state index in [1.807, 2.05) is 0 Å². The van der Waals surface area contributed by atoms with E-state index >= 15 is 0 Å². The Kier molecular flexibility index (Phi) is 3.05. The average molecular weight is 318 g/mol.